The van der Waals surface area contributed by atoms with E-state index in [2.05, 4.69) is 4.74 Å². The summed E-state index contributed by atoms with van der Waals surface area (Å²) in [5.74, 6) is 0. The van der Waals surface area contributed by atoms with Crippen LogP contribution < -0.4 is 5.73 Å². The summed E-state index contributed by atoms with van der Waals surface area (Å²) in [5.41, 5.74) is 5.72. The minimum Gasteiger partial charge on any atom is -0.438 e. The van der Waals surface area contributed by atoms with Gasteiger partial charge in [0.1, 0.15) is 0 Å². The zero-order chi connectivity index (χ0) is 10.4. The second-order valence-electron chi connectivity index (χ2n) is 2.80. The lowest BCUT2D eigenvalue weighted by molar-refractivity contribution is -0.114. The number of ether oxygens (including phenoxy) is 1. The number of carbonyl (C=O) groups excluding carboxylic acids is 2. The summed E-state index contributed by atoms with van der Waals surface area (Å²) in [6.45, 7) is 0. The van der Waals surface area contributed by atoms with Crippen LogP contribution in [0.15, 0.2) is 30.3 Å². The normalized spacial score (nSPS) is 11.7. The summed E-state index contributed by atoms with van der Waals surface area (Å²) in [4.78, 5) is 20.9. The molecule has 0 spiro atoms. The molecule has 0 fully saturated rings. The molecule has 0 saturated heterocycles. The van der Waals surface area contributed by atoms with Crippen LogP contribution in [0.3, 0.4) is 0 Å². The maximum atomic E-state index is 10.5. The van der Waals surface area contributed by atoms with Gasteiger partial charge in [-0.25, -0.2) is 4.79 Å². The number of nitrogens with two attached hydrogens (primary N) is 1. The maximum Gasteiger partial charge on any atom is 0.405 e. The quantitative estimate of drug-likeness (QED) is 0.722. The second-order valence-corrected chi connectivity index (χ2v) is 2.80. The van der Waals surface area contributed by atoms with E-state index in [1.807, 2.05) is 30.3 Å². The van der Waals surface area contributed by atoms with Crippen molar-refractivity contribution in [2.24, 2.45) is 5.73 Å². The predicted molar refractivity (Wildman–Crippen MR) is 50.7 cm³/mol. The Morgan fingerprint density at radius 3 is 2.57 bits per heavy atom. The van der Waals surface area contributed by atoms with Crippen molar-refractivity contribution < 1.29 is 14.3 Å². The Bertz CT molecular complexity index is 310. The van der Waals surface area contributed by atoms with Crippen LogP contribution in [0.25, 0.3) is 0 Å². The van der Waals surface area contributed by atoms with E-state index < -0.39 is 12.2 Å². The van der Waals surface area contributed by atoms with Gasteiger partial charge in [0, 0.05) is 6.42 Å². The van der Waals surface area contributed by atoms with Gasteiger partial charge < -0.3 is 10.5 Å². The van der Waals surface area contributed by atoms with Gasteiger partial charge in [-0.1, -0.05) is 30.3 Å². The summed E-state index contributed by atoms with van der Waals surface area (Å²) in [5, 5.41) is 0. The summed E-state index contributed by atoms with van der Waals surface area (Å²) in [6.07, 6.45) is -0.807. The van der Waals surface area contributed by atoms with Crippen molar-refractivity contribution in [1.29, 1.82) is 0 Å². The van der Waals surface area contributed by atoms with Crippen LogP contribution in [0, 0.1) is 0 Å². The summed E-state index contributed by atoms with van der Waals surface area (Å²) in [7, 11) is 0. The van der Waals surface area contributed by atoms with E-state index >= 15 is 0 Å². The van der Waals surface area contributed by atoms with Crippen molar-refractivity contribution in [3.63, 3.8) is 0 Å². The molecule has 0 unspecified atom stereocenters. The van der Waals surface area contributed by atoms with Crippen molar-refractivity contribution >= 4 is 12.4 Å². The average Bonchev–Trinajstić information content (AvgIpc) is 2.17. The third kappa shape index (κ3) is 3.26. The Balaban J connectivity index is 2.57. The van der Waals surface area contributed by atoms with Crippen LogP contribution in [0.2, 0.25) is 0 Å². The molecule has 1 atom stereocenters. The van der Waals surface area contributed by atoms with Gasteiger partial charge in [0.15, 0.2) is 12.4 Å². The molecule has 0 aliphatic heterocycles. The lowest BCUT2D eigenvalue weighted by Crippen LogP contribution is -2.25. The number of rotatable bonds is 4. The largest absolute Gasteiger partial charge is 0.438 e. The monoisotopic (exact) mass is 193 g/mol. The molecule has 2 N–H and O–H groups in total. The van der Waals surface area contributed by atoms with Crippen LogP contribution >= 0.6 is 0 Å². The minimum absolute atomic E-state index is 0.354. The highest BCUT2D eigenvalue weighted by Gasteiger charge is 2.11. The van der Waals surface area contributed by atoms with Crippen LogP contribution in [0.1, 0.15) is 5.56 Å². The van der Waals surface area contributed by atoms with Crippen molar-refractivity contribution in [2.75, 3.05) is 0 Å². The SMILES string of the molecule is NC(=O)O[C@H](C=O)Cc1ccccc1. The fourth-order valence-corrected chi connectivity index (χ4v) is 1.11. The van der Waals surface area contributed by atoms with Gasteiger partial charge >= 0.3 is 6.09 Å². The van der Waals surface area contributed by atoms with Crippen LogP contribution in [0.4, 0.5) is 4.79 Å². The molecule has 0 aromatic heterocycles. The van der Waals surface area contributed by atoms with Crippen LogP contribution in [-0.4, -0.2) is 18.5 Å². The van der Waals surface area contributed by atoms with Gasteiger partial charge in [-0.2, -0.15) is 0 Å². The van der Waals surface area contributed by atoms with E-state index in [4.69, 9.17) is 5.73 Å². The molecular formula is C10H11NO3. The lowest BCUT2D eigenvalue weighted by Gasteiger charge is -2.09. The van der Waals surface area contributed by atoms with E-state index in [0.717, 1.165) is 5.56 Å². The molecule has 0 aliphatic carbocycles. The van der Waals surface area contributed by atoms with Gasteiger partial charge in [-0.15, -0.1) is 0 Å². The standard InChI is InChI=1S/C10H11NO3/c11-10(13)14-9(7-12)6-8-4-2-1-3-5-8/h1-5,7,9H,6H2,(H2,11,13)/t9-/m0/s1. The van der Waals surface area contributed by atoms with E-state index in [-0.39, 0.29) is 0 Å². The van der Waals surface area contributed by atoms with Gasteiger partial charge in [0.25, 0.3) is 0 Å². The van der Waals surface area contributed by atoms with Crippen molar-refractivity contribution in [3.8, 4) is 0 Å². The predicted octanol–water partition coefficient (Wildman–Crippen LogP) is 0.892. The van der Waals surface area contributed by atoms with E-state index in [0.29, 0.717) is 12.7 Å². The molecule has 0 aliphatic rings. The Labute approximate surface area is 81.7 Å². The second kappa shape index (κ2) is 5.01. The highest BCUT2D eigenvalue weighted by atomic mass is 16.6. The van der Waals surface area contributed by atoms with Crippen LogP contribution in [-0.2, 0) is 16.0 Å². The number of hydrogen-bond donors (Lipinski definition) is 1. The maximum absolute atomic E-state index is 10.5. The van der Waals surface area contributed by atoms with E-state index in [1.165, 1.54) is 0 Å². The van der Waals surface area contributed by atoms with Gasteiger partial charge in [-0.3, -0.25) is 4.79 Å². The number of primary amides is 1. The molecule has 0 saturated carbocycles. The number of carbonyl (C=O) groups is 2. The third-order valence-corrected chi connectivity index (χ3v) is 1.70. The third-order valence-electron chi connectivity index (χ3n) is 1.70. The molecule has 0 bridgehead atoms. The highest BCUT2D eigenvalue weighted by Crippen LogP contribution is 2.04. The minimum atomic E-state index is -0.932. The molecular weight excluding hydrogens is 182 g/mol. The first-order valence-corrected chi connectivity index (χ1v) is 4.17. The van der Waals surface area contributed by atoms with Crippen molar-refractivity contribution in [3.05, 3.63) is 35.9 Å². The smallest absolute Gasteiger partial charge is 0.405 e. The molecule has 0 radical (unpaired) electrons. The lowest BCUT2D eigenvalue weighted by atomic mass is 10.1. The van der Waals surface area contributed by atoms with E-state index in [1.54, 1.807) is 0 Å². The molecule has 4 nitrogen and oxygen atoms in total. The van der Waals surface area contributed by atoms with Crippen molar-refractivity contribution in [2.45, 2.75) is 12.5 Å². The first-order chi connectivity index (χ1) is 6.72. The fourth-order valence-electron chi connectivity index (χ4n) is 1.11. The molecule has 0 heterocycles. The van der Waals surface area contributed by atoms with Gasteiger partial charge in [0.05, 0.1) is 0 Å². The summed E-state index contributed by atoms with van der Waals surface area (Å²) < 4.78 is 4.57. The van der Waals surface area contributed by atoms with E-state index in [9.17, 15) is 9.59 Å². The Kier molecular flexibility index (Phi) is 3.67. The molecule has 14 heavy (non-hydrogen) atoms. The van der Waals surface area contributed by atoms with Gasteiger partial charge in [0.2, 0.25) is 0 Å². The first-order valence-electron chi connectivity index (χ1n) is 4.17. The Hall–Kier alpha value is -1.84. The highest BCUT2D eigenvalue weighted by molar-refractivity contribution is 5.69. The zero-order valence-corrected chi connectivity index (χ0v) is 7.55. The first kappa shape index (κ1) is 10.2. The number of hydrogen-bond acceptors (Lipinski definition) is 3. The Morgan fingerprint density at radius 2 is 2.07 bits per heavy atom. The molecule has 74 valence electrons. The number of aldehydes is 1. The molecule has 1 rings (SSSR count). The van der Waals surface area contributed by atoms with Gasteiger partial charge in [-0.05, 0) is 5.56 Å². The van der Waals surface area contributed by atoms with Crippen LogP contribution in [0.5, 0.6) is 0 Å². The summed E-state index contributed by atoms with van der Waals surface area (Å²) in [6, 6.07) is 9.26. The fraction of sp³-hybridized carbons (Fsp3) is 0.200. The molecule has 1 aromatic carbocycles. The Morgan fingerprint density at radius 1 is 1.43 bits per heavy atom. The number of amides is 1. The molecule has 4 heteroatoms. The van der Waals surface area contributed by atoms with Crippen molar-refractivity contribution in [1.82, 2.24) is 0 Å². The average molecular weight is 193 g/mol. The molecule has 1 amide bonds. The zero-order valence-electron chi connectivity index (χ0n) is 7.55. The number of benzene rings is 1. The topological polar surface area (TPSA) is 69.4 Å². The molecule has 1 aromatic rings. The summed E-state index contributed by atoms with van der Waals surface area (Å²) >= 11 is 0.